The van der Waals surface area contributed by atoms with Crippen molar-refractivity contribution in [3.05, 3.63) is 45.8 Å². The van der Waals surface area contributed by atoms with Gasteiger partial charge in [-0.05, 0) is 67.3 Å². The molecule has 1 aromatic carbocycles. The highest BCUT2D eigenvalue weighted by Crippen LogP contribution is 2.45. The molecule has 1 fully saturated rings. The molecule has 4 nitrogen and oxygen atoms in total. The van der Waals surface area contributed by atoms with Gasteiger partial charge in [0, 0.05) is 29.8 Å². The molecule has 0 N–H and O–H groups in total. The summed E-state index contributed by atoms with van der Waals surface area (Å²) in [5.41, 5.74) is 3.17. The summed E-state index contributed by atoms with van der Waals surface area (Å²) < 4.78 is 0. The molecule has 2 amide bonds. The Labute approximate surface area is 163 Å². The van der Waals surface area contributed by atoms with Crippen molar-refractivity contribution in [3.8, 4) is 0 Å². The monoisotopic (exact) mass is 390 g/mol. The number of benzene rings is 1. The number of imide groups is 1. The lowest BCUT2D eigenvalue weighted by atomic mass is 9.80. The van der Waals surface area contributed by atoms with E-state index in [1.54, 1.807) is 12.2 Å². The minimum Gasteiger partial charge on any atom is -0.369 e. The van der Waals surface area contributed by atoms with Crippen LogP contribution >= 0.6 is 23.4 Å². The number of anilines is 1. The highest BCUT2D eigenvalue weighted by molar-refractivity contribution is 8.18. The summed E-state index contributed by atoms with van der Waals surface area (Å²) in [6, 6.07) is 4.02. The SMILES string of the molecule is C=CCN1C(=O)S/C(=C/c2cc3c(cc2Cl)N(C)C(C)(C)CC3C)C1=O. The topological polar surface area (TPSA) is 40.6 Å². The number of carbonyl (C=O) groups is 2. The Morgan fingerprint density at radius 2 is 2.08 bits per heavy atom. The summed E-state index contributed by atoms with van der Waals surface area (Å²) in [6.07, 6.45) is 4.31. The van der Waals surface area contributed by atoms with E-state index < -0.39 is 0 Å². The molecule has 2 heterocycles. The lowest BCUT2D eigenvalue weighted by Gasteiger charge is -2.45. The maximum Gasteiger partial charge on any atom is 0.293 e. The van der Waals surface area contributed by atoms with Crippen LogP contribution < -0.4 is 4.90 Å². The van der Waals surface area contributed by atoms with Crippen LogP contribution in [0.2, 0.25) is 5.02 Å². The van der Waals surface area contributed by atoms with Crippen molar-refractivity contribution < 1.29 is 9.59 Å². The Balaban J connectivity index is 2.01. The molecule has 1 unspecified atom stereocenters. The van der Waals surface area contributed by atoms with E-state index in [9.17, 15) is 9.59 Å². The number of rotatable bonds is 3. The lowest BCUT2D eigenvalue weighted by Crippen LogP contribution is -2.45. The van der Waals surface area contributed by atoms with Gasteiger partial charge >= 0.3 is 0 Å². The Hall–Kier alpha value is -1.72. The van der Waals surface area contributed by atoms with E-state index in [1.807, 2.05) is 6.07 Å². The first-order chi connectivity index (χ1) is 12.2. The van der Waals surface area contributed by atoms with Gasteiger partial charge in [-0.25, -0.2) is 0 Å². The molecule has 2 aliphatic heterocycles. The molecule has 3 rings (SSSR count). The second-order valence-corrected chi connectivity index (χ2v) is 8.89. The second kappa shape index (κ2) is 6.78. The highest BCUT2D eigenvalue weighted by Gasteiger charge is 2.36. The van der Waals surface area contributed by atoms with Crippen molar-refractivity contribution in [1.82, 2.24) is 4.90 Å². The average Bonchev–Trinajstić information content (AvgIpc) is 2.82. The van der Waals surface area contributed by atoms with E-state index >= 15 is 0 Å². The quantitative estimate of drug-likeness (QED) is 0.519. The van der Waals surface area contributed by atoms with Gasteiger partial charge in [-0.15, -0.1) is 6.58 Å². The zero-order chi connectivity index (χ0) is 19.2. The first-order valence-electron chi connectivity index (χ1n) is 8.59. The van der Waals surface area contributed by atoms with Crippen molar-refractivity contribution in [2.24, 2.45) is 0 Å². The van der Waals surface area contributed by atoms with Gasteiger partial charge in [-0.2, -0.15) is 0 Å². The predicted molar refractivity (Wildman–Crippen MR) is 110 cm³/mol. The fraction of sp³-hybridized carbons (Fsp3) is 0.400. The molecule has 1 atom stereocenters. The fourth-order valence-corrected chi connectivity index (χ4v) is 4.69. The Morgan fingerprint density at radius 1 is 1.38 bits per heavy atom. The zero-order valence-corrected chi connectivity index (χ0v) is 17.1. The minimum absolute atomic E-state index is 0.0601. The molecule has 0 spiro atoms. The standard InChI is InChI=1S/C20H23ClN2O2S/c1-6-7-23-18(24)17(26-19(23)25)9-13-8-14-12(2)11-20(3,4)22(5)16(14)10-15(13)21/h6,8-10,12H,1,7,11H2,2-5H3/b17-9+. The number of amides is 2. The van der Waals surface area contributed by atoms with Crippen LogP contribution in [0.1, 0.15) is 44.2 Å². The highest BCUT2D eigenvalue weighted by atomic mass is 35.5. The van der Waals surface area contributed by atoms with Crippen LogP contribution in [0.4, 0.5) is 10.5 Å². The van der Waals surface area contributed by atoms with Gasteiger partial charge in [0.25, 0.3) is 11.1 Å². The third kappa shape index (κ3) is 3.19. The van der Waals surface area contributed by atoms with Crippen LogP contribution in [0.5, 0.6) is 0 Å². The van der Waals surface area contributed by atoms with Crippen molar-refractivity contribution in [2.45, 2.75) is 38.6 Å². The molecule has 1 saturated heterocycles. The molecular formula is C20H23ClN2O2S. The number of nitrogens with zero attached hydrogens (tertiary/aromatic N) is 2. The molecule has 2 aliphatic rings. The fourth-order valence-electron chi connectivity index (χ4n) is 3.64. The maximum atomic E-state index is 12.4. The molecule has 0 aliphatic carbocycles. The Bertz CT molecular complexity index is 831. The molecule has 1 aromatic rings. The minimum atomic E-state index is -0.292. The Morgan fingerprint density at radius 3 is 2.73 bits per heavy atom. The Kier molecular flexibility index (Phi) is 4.97. The third-order valence-electron chi connectivity index (χ3n) is 5.22. The van der Waals surface area contributed by atoms with E-state index in [2.05, 4.69) is 45.4 Å². The van der Waals surface area contributed by atoms with Gasteiger partial charge in [-0.1, -0.05) is 24.6 Å². The van der Waals surface area contributed by atoms with Gasteiger partial charge in [-0.3, -0.25) is 14.5 Å². The van der Waals surface area contributed by atoms with Gasteiger partial charge in [0.1, 0.15) is 0 Å². The molecule has 138 valence electrons. The number of thioether (sulfide) groups is 1. The first kappa shape index (κ1) is 19.1. The van der Waals surface area contributed by atoms with Crippen LogP contribution in [0.25, 0.3) is 6.08 Å². The zero-order valence-electron chi connectivity index (χ0n) is 15.5. The number of halogens is 1. The van der Waals surface area contributed by atoms with E-state index in [1.165, 1.54) is 10.5 Å². The van der Waals surface area contributed by atoms with Crippen LogP contribution in [0.15, 0.2) is 29.7 Å². The van der Waals surface area contributed by atoms with Crippen LogP contribution in [0, 0.1) is 0 Å². The van der Waals surface area contributed by atoms with Crippen molar-refractivity contribution in [1.29, 1.82) is 0 Å². The number of hydrogen-bond donors (Lipinski definition) is 0. The summed E-state index contributed by atoms with van der Waals surface area (Å²) in [5.74, 6) is 0.0939. The van der Waals surface area contributed by atoms with Crippen LogP contribution in [-0.4, -0.2) is 35.2 Å². The lowest BCUT2D eigenvalue weighted by molar-refractivity contribution is -0.122. The van der Waals surface area contributed by atoms with Crippen molar-refractivity contribution in [3.63, 3.8) is 0 Å². The molecule has 26 heavy (non-hydrogen) atoms. The average molecular weight is 391 g/mol. The number of hydrogen-bond acceptors (Lipinski definition) is 4. The normalized spacial score (nSPS) is 23.6. The van der Waals surface area contributed by atoms with E-state index in [-0.39, 0.29) is 23.2 Å². The van der Waals surface area contributed by atoms with Gasteiger partial charge in [0.05, 0.1) is 4.91 Å². The smallest absolute Gasteiger partial charge is 0.293 e. The van der Waals surface area contributed by atoms with E-state index in [0.717, 1.165) is 29.4 Å². The van der Waals surface area contributed by atoms with Gasteiger partial charge in [0.2, 0.25) is 0 Å². The molecular weight excluding hydrogens is 368 g/mol. The van der Waals surface area contributed by atoms with E-state index in [0.29, 0.717) is 15.8 Å². The van der Waals surface area contributed by atoms with Gasteiger partial charge in [0.15, 0.2) is 0 Å². The van der Waals surface area contributed by atoms with Crippen LogP contribution in [-0.2, 0) is 4.79 Å². The largest absolute Gasteiger partial charge is 0.369 e. The van der Waals surface area contributed by atoms with Crippen molar-refractivity contribution in [2.75, 3.05) is 18.5 Å². The third-order valence-corrected chi connectivity index (χ3v) is 6.46. The maximum absolute atomic E-state index is 12.4. The summed E-state index contributed by atoms with van der Waals surface area (Å²) >= 11 is 7.47. The number of fused-ring (bicyclic) bond motifs is 1. The molecule has 0 aromatic heterocycles. The summed E-state index contributed by atoms with van der Waals surface area (Å²) in [4.78, 5) is 28.3. The second-order valence-electron chi connectivity index (χ2n) is 7.49. The summed E-state index contributed by atoms with van der Waals surface area (Å²) in [6.45, 7) is 10.5. The summed E-state index contributed by atoms with van der Waals surface area (Å²) in [7, 11) is 2.08. The predicted octanol–water partition coefficient (Wildman–Crippen LogP) is 5.28. The van der Waals surface area contributed by atoms with Crippen LogP contribution in [0.3, 0.4) is 0 Å². The van der Waals surface area contributed by atoms with Gasteiger partial charge < -0.3 is 4.90 Å². The molecule has 0 radical (unpaired) electrons. The first-order valence-corrected chi connectivity index (χ1v) is 9.78. The van der Waals surface area contributed by atoms with E-state index in [4.69, 9.17) is 11.6 Å². The molecule has 0 saturated carbocycles. The molecule has 6 heteroatoms. The summed E-state index contributed by atoms with van der Waals surface area (Å²) in [5, 5.41) is 0.307. The molecule has 0 bridgehead atoms. The number of carbonyl (C=O) groups excluding carboxylic acids is 2. The van der Waals surface area contributed by atoms with Crippen molar-refractivity contribution >= 4 is 46.3 Å².